The monoisotopic (exact) mass is 566 g/mol. The number of aliphatic carboxylic acids is 1. The smallest absolute Gasteiger partial charge is 0.307 e. The number of ketones is 1. The van der Waals surface area contributed by atoms with Crippen LogP contribution in [0.1, 0.15) is 51.2 Å². The highest BCUT2D eigenvalue weighted by Crippen LogP contribution is 2.41. The number of ether oxygens (including phenoxy) is 1. The molecule has 8 nitrogen and oxygen atoms in total. The summed E-state index contributed by atoms with van der Waals surface area (Å²) in [7, 11) is 0. The van der Waals surface area contributed by atoms with Crippen molar-refractivity contribution in [3.05, 3.63) is 89.0 Å². The van der Waals surface area contributed by atoms with E-state index < -0.39 is 35.4 Å². The van der Waals surface area contributed by atoms with E-state index in [2.05, 4.69) is 10.5 Å². The lowest BCUT2D eigenvalue weighted by Gasteiger charge is -2.33. The average molecular weight is 567 g/mol. The van der Waals surface area contributed by atoms with E-state index in [0.717, 1.165) is 27.8 Å². The Hall–Kier alpha value is -4.46. The lowest BCUT2D eigenvalue weighted by molar-refractivity contribution is -0.146. The molecule has 3 aliphatic carbocycles. The van der Waals surface area contributed by atoms with Crippen LogP contribution in [0.25, 0.3) is 11.1 Å². The molecule has 1 saturated carbocycles. The first-order chi connectivity index (χ1) is 20.1. The standard InChI is InChI=1S/C34H34N2O6/c1-34(2,3)31-30(37)27-17-21(18-28(27)33(39)40)42-36-29-25-11-5-4-10-23(25)24-14-13-20(16-26(24)29)41-15-7-9-19-8-6-12-22(19)32(38)35-31/h4-11,13-14,16,21,27-28,31H,12,15,17-18H2,1-3H3,(H,35,38)(H,39,40)/b9-7+,36-29-/t21-,27?,28+,31+/m0/s1. The largest absolute Gasteiger partial charge is 0.490 e. The summed E-state index contributed by atoms with van der Waals surface area (Å²) in [4.78, 5) is 45.9. The Balaban J connectivity index is 1.42. The summed E-state index contributed by atoms with van der Waals surface area (Å²) in [6.07, 6.45) is 7.73. The zero-order valence-electron chi connectivity index (χ0n) is 23.9. The van der Waals surface area contributed by atoms with Crippen molar-refractivity contribution in [1.82, 2.24) is 5.32 Å². The number of hydrogen-bond donors (Lipinski definition) is 2. The molecule has 2 aromatic carbocycles. The molecule has 2 aromatic rings. The molecule has 0 aromatic heterocycles. The van der Waals surface area contributed by atoms with Gasteiger partial charge in [0.15, 0.2) is 5.78 Å². The summed E-state index contributed by atoms with van der Waals surface area (Å²) >= 11 is 0. The molecule has 1 amide bonds. The van der Waals surface area contributed by atoms with Crippen LogP contribution in [0.3, 0.4) is 0 Å². The fraction of sp³-hybridized carbons (Fsp3) is 0.353. The third-order valence-electron chi connectivity index (χ3n) is 8.53. The second-order valence-electron chi connectivity index (χ2n) is 12.4. The molecule has 2 N–H and O–H groups in total. The zero-order valence-corrected chi connectivity index (χ0v) is 23.9. The van der Waals surface area contributed by atoms with E-state index in [0.29, 0.717) is 30.1 Å². The van der Waals surface area contributed by atoms with Crippen molar-refractivity contribution < 1.29 is 29.1 Å². The Kier molecular flexibility index (Phi) is 7.09. The Bertz CT molecular complexity index is 1590. The molecule has 1 unspecified atom stereocenters. The number of carboxylic acids is 1. The van der Waals surface area contributed by atoms with Crippen molar-refractivity contribution in [3.63, 3.8) is 0 Å². The van der Waals surface area contributed by atoms with Gasteiger partial charge < -0.3 is 20.0 Å². The first-order valence-corrected chi connectivity index (χ1v) is 14.4. The van der Waals surface area contributed by atoms with Crippen molar-refractivity contribution in [2.24, 2.45) is 22.4 Å². The van der Waals surface area contributed by atoms with E-state index in [1.54, 1.807) is 0 Å². The van der Waals surface area contributed by atoms with Crippen molar-refractivity contribution in [1.29, 1.82) is 0 Å². The summed E-state index contributed by atoms with van der Waals surface area (Å²) in [5.41, 5.74) is 5.13. The molecule has 42 heavy (non-hydrogen) atoms. The molecule has 0 spiro atoms. The van der Waals surface area contributed by atoms with Gasteiger partial charge in [-0.25, -0.2) is 0 Å². The Morgan fingerprint density at radius 1 is 0.976 bits per heavy atom. The molecule has 1 fully saturated rings. The maximum Gasteiger partial charge on any atom is 0.307 e. The molecule has 1 heterocycles. The normalized spacial score (nSPS) is 27.4. The molecule has 216 valence electrons. The summed E-state index contributed by atoms with van der Waals surface area (Å²) < 4.78 is 6.04. The number of rotatable bonds is 1. The van der Waals surface area contributed by atoms with Crippen LogP contribution in [0.2, 0.25) is 0 Å². The lowest BCUT2D eigenvalue weighted by Crippen LogP contribution is -2.52. The lowest BCUT2D eigenvalue weighted by atomic mass is 9.77. The topological polar surface area (TPSA) is 114 Å². The van der Waals surface area contributed by atoms with Crippen molar-refractivity contribution in [2.45, 2.75) is 52.2 Å². The van der Waals surface area contributed by atoms with Crippen LogP contribution in [0.4, 0.5) is 0 Å². The highest BCUT2D eigenvalue weighted by molar-refractivity contribution is 6.24. The number of carbonyl (C=O) groups excluding carboxylic acids is 2. The van der Waals surface area contributed by atoms with E-state index in [1.165, 1.54) is 0 Å². The number of oxime groups is 1. The van der Waals surface area contributed by atoms with E-state index in [9.17, 15) is 19.5 Å². The maximum absolute atomic E-state index is 14.0. The molecule has 1 aliphatic heterocycles. The predicted molar refractivity (Wildman–Crippen MR) is 158 cm³/mol. The first kappa shape index (κ1) is 27.7. The van der Waals surface area contributed by atoms with Crippen molar-refractivity contribution in [3.8, 4) is 16.9 Å². The van der Waals surface area contributed by atoms with Crippen LogP contribution in [0, 0.1) is 17.3 Å². The number of hydrogen-bond acceptors (Lipinski definition) is 6. The summed E-state index contributed by atoms with van der Waals surface area (Å²) in [5.74, 6) is -2.78. The number of Topliss-reactive ketones (excluding diaryl/α,β-unsaturated/α-hetero) is 1. The number of allylic oxidation sites excluding steroid dienone is 4. The molecule has 0 saturated heterocycles. The second-order valence-corrected chi connectivity index (χ2v) is 12.4. The number of nitrogens with zero attached hydrogens (tertiary/aromatic N) is 1. The van der Waals surface area contributed by atoms with Crippen molar-refractivity contribution in [2.75, 3.05) is 6.61 Å². The minimum absolute atomic E-state index is 0.148. The molecular weight excluding hydrogens is 532 g/mol. The number of fused-ring (bicyclic) bond motifs is 6. The van der Waals surface area contributed by atoms with E-state index in [1.807, 2.05) is 87.5 Å². The summed E-state index contributed by atoms with van der Waals surface area (Å²) in [6.45, 7) is 5.92. The SMILES string of the molecule is CC(C)(C)[C@@H]1NC(=O)C2=C(C=CC2)/C=C/COc2ccc3c(c2)/C(=N\O[C@H]2CC(C1=O)[C@H](C(=O)O)C2)c1ccccc1-3. The Labute approximate surface area is 244 Å². The predicted octanol–water partition coefficient (Wildman–Crippen LogP) is 5.22. The fourth-order valence-corrected chi connectivity index (χ4v) is 6.37. The van der Waals surface area contributed by atoms with Gasteiger partial charge in [-0.15, -0.1) is 0 Å². The first-order valence-electron chi connectivity index (χ1n) is 14.4. The van der Waals surface area contributed by atoms with E-state index in [-0.39, 0.29) is 24.5 Å². The number of benzene rings is 2. The minimum atomic E-state index is -1.05. The molecule has 0 radical (unpaired) electrons. The van der Waals surface area contributed by atoms with Crippen LogP contribution in [0.5, 0.6) is 5.75 Å². The second kappa shape index (κ2) is 10.7. The van der Waals surface area contributed by atoms with Gasteiger partial charge in [-0.1, -0.05) is 68.4 Å². The van der Waals surface area contributed by atoms with Gasteiger partial charge in [-0.05, 0) is 59.2 Å². The Morgan fingerprint density at radius 3 is 2.48 bits per heavy atom. The van der Waals surface area contributed by atoms with Gasteiger partial charge in [0.1, 0.15) is 24.2 Å². The van der Waals surface area contributed by atoms with Crippen molar-refractivity contribution >= 4 is 23.4 Å². The quantitative estimate of drug-likeness (QED) is 0.418. The molecule has 8 heteroatoms. The third kappa shape index (κ3) is 5.06. The van der Waals surface area contributed by atoms with Crippen LogP contribution in [-0.4, -0.2) is 47.2 Å². The van der Waals surface area contributed by atoms with Crippen LogP contribution >= 0.6 is 0 Å². The summed E-state index contributed by atoms with van der Waals surface area (Å²) in [5, 5.41) is 17.6. The van der Waals surface area contributed by atoms with E-state index in [4.69, 9.17) is 9.57 Å². The number of amides is 1. The highest BCUT2D eigenvalue weighted by atomic mass is 16.6. The number of carboxylic acid groups (broad SMARTS) is 1. The molecular formula is C34H34N2O6. The number of nitrogens with one attached hydrogen (secondary N) is 1. The fourth-order valence-electron chi connectivity index (χ4n) is 6.37. The summed E-state index contributed by atoms with van der Waals surface area (Å²) in [6, 6.07) is 12.9. The number of carbonyl (C=O) groups is 3. The highest BCUT2D eigenvalue weighted by Gasteiger charge is 2.48. The van der Waals surface area contributed by atoms with Crippen LogP contribution in [-0.2, 0) is 19.2 Å². The van der Waals surface area contributed by atoms with Gasteiger partial charge in [0, 0.05) is 29.0 Å². The van der Waals surface area contributed by atoms with Gasteiger partial charge in [0.25, 0.3) is 0 Å². The molecule has 4 bridgehead atoms. The van der Waals surface area contributed by atoms with E-state index >= 15 is 0 Å². The van der Waals surface area contributed by atoms with Gasteiger partial charge >= 0.3 is 5.97 Å². The van der Waals surface area contributed by atoms with Gasteiger partial charge in [-0.3, -0.25) is 14.4 Å². The molecule has 6 rings (SSSR count). The van der Waals surface area contributed by atoms with Crippen LogP contribution in [0.15, 0.2) is 83.1 Å². The van der Waals surface area contributed by atoms with Crippen LogP contribution < -0.4 is 10.1 Å². The van der Waals surface area contributed by atoms with Gasteiger partial charge in [0.05, 0.1) is 12.0 Å². The van der Waals surface area contributed by atoms with Gasteiger partial charge in [-0.2, -0.15) is 0 Å². The molecule has 4 aliphatic rings. The Morgan fingerprint density at radius 2 is 1.71 bits per heavy atom. The van der Waals surface area contributed by atoms with Gasteiger partial charge in [0.2, 0.25) is 5.91 Å². The average Bonchev–Trinajstić information content (AvgIpc) is 3.67. The third-order valence-corrected chi connectivity index (χ3v) is 8.53. The zero-order chi connectivity index (χ0) is 29.6. The maximum atomic E-state index is 14.0. The minimum Gasteiger partial charge on any atom is -0.490 e. The molecule has 4 atom stereocenters.